The van der Waals surface area contributed by atoms with E-state index in [2.05, 4.69) is 34.6 Å². The smallest absolute Gasteiger partial charge is 0.314 e. The van der Waals surface area contributed by atoms with Crippen LogP contribution in [0.1, 0.15) is 60.8 Å². The Morgan fingerprint density at radius 3 is 2.17 bits per heavy atom. The lowest BCUT2D eigenvalue weighted by Gasteiger charge is -2.56. The van der Waals surface area contributed by atoms with Crippen molar-refractivity contribution in [3.05, 3.63) is 0 Å². The van der Waals surface area contributed by atoms with E-state index in [-0.39, 0.29) is 29.0 Å². The monoisotopic (exact) mass is 256 g/mol. The Balaban J connectivity index is 2.77. The van der Waals surface area contributed by atoms with Crippen molar-refractivity contribution in [3.63, 3.8) is 0 Å². The first kappa shape index (κ1) is 15.5. The number of ether oxygens (including phenoxy) is 2. The summed E-state index contributed by atoms with van der Waals surface area (Å²) >= 11 is 0. The van der Waals surface area contributed by atoms with Crippen LogP contribution in [0.5, 0.6) is 0 Å². The highest BCUT2D eigenvalue weighted by Crippen LogP contribution is 2.61. The minimum atomic E-state index is -0.331. The summed E-state index contributed by atoms with van der Waals surface area (Å²) in [7, 11) is 0. The van der Waals surface area contributed by atoms with Gasteiger partial charge in [-0.3, -0.25) is 4.79 Å². The Kier molecular flexibility index (Phi) is 4.47. The molecule has 0 N–H and O–H groups in total. The molecule has 1 aliphatic carbocycles. The third-order valence-corrected chi connectivity index (χ3v) is 4.17. The SMILES string of the molecule is CCOCOC(=O)C1(CC(C)(C)C)CCC1(C)C. The minimum absolute atomic E-state index is 0.0313. The van der Waals surface area contributed by atoms with Gasteiger partial charge in [-0.2, -0.15) is 0 Å². The van der Waals surface area contributed by atoms with Gasteiger partial charge in [0.05, 0.1) is 5.41 Å². The summed E-state index contributed by atoms with van der Waals surface area (Å²) in [5.74, 6) is -0.0814. The van der Waals surface area contributed by atoms with Gasteiger partial charge in [-0.1, -0.05) is 34.6 Å². The Labute approximate surface area is 111 Å². The molecule has 18 heavy (non-hydrogen) atoms. The molecule has 1 saturated carbocycles. The molecule has 0 bridgehead atoms. The van der Waals surface area contributed by atoms with Gasteiger partial charge in [0.25, 0.3) is 0 Å². The molecule has 0 amide bonds. The van der Waals surface area contributed by atoms with Crippen molar-refractivity contribution in [1.82, 2.24) is 0 Å². The van der Waals surface area contributed by atoms with Crippen LogP contribution in [-0.2, 0) is 14.3 Å². The van der Waals surface area contributed by atoms with E-state index < -0.39 is 0 Å². The molecule has 1 fully saturated rings. The lowest BCUT2D eigenvalue weighted by atomic mass is 9.47. The quantitative estimate of drug-likeness (QED) is 0.427. The highest BCUT2D eigenvalue weighted by Gasteiger charge is 2.60. The van der Waals surface area contributed by atoms with E-state index in [9.17, 15) is 4.79 Å². The molecule has 0 radical (unpaired) electrons. The molecule has 1 aliphatic rings. The van der Waals surface area contributed by atoms with Crippen molar-refractivity contribution < 1.29 is 14.3 Å². The molecule has 1 rings (SSSR count). The second kappa shape index (κ2) is 5.20. The molecular formula is C15H28O3. The first-order chi connectivity index (χ1) is 8.15. The molecule has 0 saturated heterocycles. The van der Waals surface area contributed by atoms with E-state index >= 15 is 0 Å². The molecule has 0 aromatic heterocycles. The zero-order chi connectivity index (χ0) is 14.0. The molecule has 0 aromatic rings. The predicted octanol–water partition coefficient (Wildman–Crippen LogP) is 3.77. The summed E-state index contributed by atoms with van der Waals surface area (Å²) in [4.78, 5) is 12.4. The van der Waals surface area contributed by atoms with Gasteiger partial charge < -0.3 is 9.47 Å². The summed E-state index contributed by atoms with van der Waals surface area (Å²) in [6, 6.07) is 0. The maximum atomic E-state index is 12.4. The Morgan fingerprint density at radius 1 is 1.22 bits per heavy atom. The number of esters is 1. The van der Waals surface area contributed by atoms with E-state index in [4.69, 9.17) is 9.47 Å². The summed E-state index contributed by atoms with van der Waals surface area (Å²) in [6.07, 6.45) is 2.90. The van der Waals surface area contributed by atoms with Crippen LogP contribution in [0.15, 0.2) is 0 Å². The van der Waals surface area contributed by atoms with Crippen molar-refractivity contribution in [2.75, 3.05) is 13.4 Å². The number of rotatable bonds is 5. The molecule has 1 atom stereocenters. The zero-order valence-electron chi connectivity index (χ0n) is 12.8. The van der Waals surface area contributed by atoms with E-state index in [1.54, 1.807) is 0 Å². The number of carbonyl (C=O) groups is 1. The van der Waals surface area contributed by atoms with Gasteiger partial charge in [-0.15, -0.1) is 0 Å². The van der Waals surface area contributed by atoms with Crippen molar-refractivity contribution in [3.8, 4) is 0 Å². The van der Waals surface area contributed by atoms with Crippen LogP contribution >= 0.6 is 0 Å². The molecule has 3 heteroatoms. The van der Waals surface area contributed by atoms with Gasteiger partial charge in [0, 0.05) is 6.61 Å². The molecule has 3 nitrogen and oxygen atoms in total. The average Bonchev–Trinajstić information content (AvgIpc) is 2.23. The van der Waals surface area contributed by atoms with Gasteiger partial charge in [0.15, 0.2) is 6.79 Å². The predicted molar refractivity (Wildman–Crippen MR) is 72.1 cm³/mol. The maximum Gasteiger partial charge on any atom is 0.314 e. The second-order valence-electron chi connectivity index (χ2n) is 7.25. The molecular weight excluding hydrogens is 228 g/mol. The molecule has 106 valence electrons. The van der Waals surface area contributed by atoms with Crippen molar-refractivity contribution in [1.29, 1.82) is 0 Å². The van der Waals surface area contributed by atoms with E-state index in [1.165, 1.54) is 0 Å². The van der Waals surface area contributed by atoms with Crippen LogP contribution in [0.2, 0.25) is 0 Å². The normalized spacial score (nSPS) is 26.6. The second-order valence-corrected chi connectivity index (χ2v) is 7.25. The van der Waals surface area contributed by atoms with Gasteiger partial charge in [0.2, 0.25) is 0 Å². The third-order valence-electron chi connectivity index (χ3n) is 4.17. The minimum Gasteiger partial charge on any atom is -0.438 e. The third kappa shape index (κ3) is 3.05. The topological polar surface area (TPSA) is 35.5 Å². The maximum absolute atomic E-state index is 12.4. The highest BCUT2D eigenvalue weighted by atomic mass is 16.7. The molecule has 0 aliphatic heterocycles. The lowest BCUT2D eigenvalue weighted by Crippen LogP contribution is -2.55. The summed E-state index contributed by atoms with van der Waals surface area (Å²) in [5.41, 5.74) is -0.172. The van der Waals surface area contributed by atoms with Gasteiger partial charge in [0.1, 0.15) is 0 Å². The standard InChI is InChI=1S/C15H28O3/c1-7-17-11-18-12(16)15(10-13(2,3)4)9-8-14(15,5)6/h7-11H2,1-6H3. The fourth-order valence-corrected chi connectivity index (χ4v) is 2.93. The zero-order valence-corrected chi connectivity index (χ0v) is 12.8. The van der Waals surface area contributed by atoms with Crippen LogP contribution in [-0.4, -0.2) is 19.4 Å². The lowest BCUT2D eigenvalue weighted by molar-refractivity contribution is -0.194. The van der Waals surface area contributed by atoms with Crippen molar-refractivity contribution in [2.24, 2.45) is 16.2 Å². The van der Waals surface area contributed by atoms with E-state index in [0.717, 1.165) is 19.3 Å². The van der Waals surface area contributed by atoms with E-state index in [1.807, 2.05) is 6.92 Å². The van der Waals surface area contributed by atoms with Crippen LogP contribution in [0.4, 0.5) is 0 Å². The Morgan fingerprint density at radius 2 is 1.83 bits per heavy atom. The summed E-state index contributed by atoms with van der Waals surface area (Å²) in [6.45, 7) is 13.4. The van der Waals surface area contributed by atoms with Crippen molar-refractivity contribution >= 4 is 5.97 Å². The number of hydrogen-bond donors (Lipinski definition) is 0. The highest BCUT2D eigenvalue weighted by molar-refractivity contribution is 5.79. The average molecular weight is 256 g/mol. The summed E-state index contributed by atoms with van der Waals surface area (Å²) in [5, 5.41) is 0. The van der Waals surface area contributed by atoms with Crippen LogP contribution < -0.4 is 0 Å². The first-order valence-corrected chi connectivity index (χ1v) is 6.90. The molecule has 0 aromatic carbocycles. The van der Waals surface area contributed by atoms with Gasteiger partial charge in [-0.25, -0.2) is 0 Å². The van der Waals surface area contributed by atoms with Gasteiger partial charge >= 0.3 is 5.97 Å². The van der Waals surface area contributed by atoms with Gasteiger partial charge in [-0.05, 0) is 37.0 Å². The van der Waals surface area contributed by atoms with Crippen LogP contribution in [0.3, 0.4) is 0 Å². The fraction of sp³-hybridized carbons (Fsp3) is 0.933. The van der Waals surface area contributed by atoms with Crippen LogP contribution in [0.25, 0.3) is 0 Å². The molecule has 0 heterocycles. The van der Waals surface area contributed by atoms with E-state index in [0.29, 0.717) is 6.61 Å². The summed E-state index contributed by atoms with van der Waals surface area (Å²) < 4.78 is 10.4. The van der Waals surface area contributed by atoms with Crippen LogP contribution in [0, 0.1) is 16.2 Å². The number of carbonyl (C=O) groups excluding carboxylic acids is 1. The Hall–Kier alpha value is -0.570. The van der Waals surface area contributed by atoms with Crippen molar-refractivity contribution in [2.45, 2.75) is 60.8 Å². The molecule has 0 spiro atoms. The Bertz CT molecular complexity index is 301. The largest absolute Gasteiger partial charge is 0.438 e. The first-order valence-electron chi connectivity index (χ1n) is 6.90. The molecule has 1 unspecified atom stereocenters. The fourth-order valence-electron chi connectivity index (χ4n) is 2.93. The number of hydrogen-bond acceptors (Lipinski definition) is 3.